The van der Waals surface area contributed by atoms with Gasteiger partial charge in [-0.1, -0.05) is 0 Å². The SMILES string of the molecule is [CH2]CC(=O)N1CCN(C(C)=O)CC1. The summed E-state index contributed by atoms with van der Waals surface area (Å²) in [5, 5.41) is 0. The van der Waals surface area contributed by atoms with Gasteiger partial charge in [0.1, 0.15) is 0 Å². The van der Waals surface area contributed by atoms with Crippen LogP contribution in [0.3, 0.4) is 0 Å². The van der Waals surface area contributed by atoms with E-state index in [-0.39, 0.29) is 11.8 Å². The van der Waals surface area contributed by atoms with Crippen LogP contribution in [-0.4, -0.2) is 47.8 Å². The van der Waals surface area contributed by atoms with E-state index in [0.29, 0.717) is 32.6 Å². The molecule has 0 aromatic heterocycles. The zero-order chi connectivity index (χ0) is 9.84. The van der Waals surface area contributed by atoms with Crippen molar-refractivity contribution < 1.29 is 9.59 Å². The Labute approximate surface area is 78.5 Å². The van der Waals surface area contributed by atoms with Crippen LogP contribution >= 0.6 is 0 Å². The Hall–Kier alpha value is -1.06. The largest absolute Gasteiger partial charge is 0.339 e. The van der Waals surface area contributed by atoms with Crippen LogP contribution in [0.2, 0.25) is 0 Å². The van der Waals surface area contributed by atoms with Crippen molar-refractivity contribution in [2.75, 3.05) is 26.2 Å². The van der Waals surface area contributed by atoms with Gasteiger partial charge in [0, 0.05) is 39.5 Å². The monoisotopic (exact) mass is 183 g/mol. The molecule has 0 aromatic rings. The molecule has 1 aliphatic heterocycles. The van der Waals surface area contributed by atoms with Gasteiger partial charge in [0.2, 0.25) is 11.8 Å². The first-order chi connectivity index (χ1) is 6.15. The normalized spacial score (nSPS) is 17.4. The van der Waals surface area contributed by atoms with E-state index in [1.165, 1.54) is 0 Å². The molecular weight excluding hydrogens is 168 g/mol. The van der Waals surface area contributed by atoms with Gasteiger partial charge < -0.3 is 9.80 Å². The Balaban J connectivity index is 2.39. The molecule has 13 heavy (non-hydrogen) atoms. The molecule has 0 atom stereocenters. The lowest BCUT2D eigenvalue weighted by Crippen LogP contribution is -2.49. The van der Waals surface area contributed by atoms with Crippen molar-refractivity contribution in [3.63, 3.8) is 0 Å². The van der Waals surface area contributed by atoms with Crippen molar-refractivity contribution in [1.82, 2.24) is 9.80 Å². The van der Waals surface area contributed by atoms with E-state index in [2.05, 4.69) is 6.92 Å². The standard InChI is InChI=1S/C9H15N2O2/c1-3-9(13)11-6-4-10(5-7-11)8(2)12/h1,3-7H2,2H3. The predicted octanol–water partition coefficient (Wildman–Crippen LogP) is -0.0987. The third-order valence-corrected chi connectivity index (χ3v) is 2.29. The van der Waals surface area contributed by atoms with Crippen LogP contribution in [-0.2, 0) is 9.59 Å². The Bertz CT molecular complexity index is 208. The summed E-state index contributed by atoms with van der Waals surface area (Å²) in [7, 11) is 0. The quantitative estimate of drug-likeness (QED) is 0.569. The first-order valence-electron chi connectivity index (χ1n) is 4.47. The molecule has 1 aliphatic rings. The first-order valence-corrected chi connectivity index (χ1v) is 4.47. The number of rotatable bonds is 1. The van der Waals surface area contributed by atoms with Crippen LogP contribution in [0.4, 0.5) is 0 Å². The van der Waals surface area contributed by atoms with E-state index in [9.17, 15) is 9.59 Å². The molecule has 0 bridgehead atoms. The molecule has 4 heteroatoms. The lowest BCUT2D eigenvalue weighted by atomic mass is 10.3. The minimum atomic E-state index is 0.0724. The summed E-state index contributed by atoms with van der Waals surface area (Å²) in [5.41, 5.74) is 0. The van der Waals surface area contributed by atoms with Gasteiger partial charge in [-0.2, -0.15) is 0 Å². The maximum Gasteiger partial charge on any atom is 0.222 e. The second-order valence-corrected chi connectivity index (χ2v) is 3.14. The van der Waals surface area contributed by atoms with Crippen LogP contribution in [0.5, 0.6) is 0 Å². The van der Waals surface area contributed by atoms with Crippen LogP contribution in [0.1, 0.15) is 13.3 Å². The second-order valence-electron chi connectivity index (χ2n) is 3.14. The highest BCUT2D eigenvalue weighted by Gasteiger charge is 2.20. The molecule has 1 fully saturated rings. The van der Waals surface area contributed by atoms with Gasteiger partial charge in [-0.25, -0.2) is 0 Å². The van der Waals surface area contributed by atoms with Gasteiger partial charge >= 0.3 is 0 Å². The maximum atomic E-state index is 11.2. The lowest BCUT2D eigenvalue weighted by Gasteiger charge is -2.34. The Morgan fingerprint density at radius 2 is 1.62 bits per heavy atom. The third-order valence-electron chi connectivity index (χ3n) is 2.29. The van der Waals surface area contributed by atoms with Crippen molar-refractivity contribution in [3.05, 3.63) is 6.92 Å². The lowest BCUT2D eigenvalue weighted by molar-refractivity contribution is -0.137. The van der Waals surface area contributed by atoms with E-state index in [1.54, 1.807) is 16.7 Å². The summed E-state index contributed by atoms with van der Waals surface area (Å²) in [6.07, 6.45) is 0.306. The average molecular weight is 183 g/mol. The van der Waals surface area contributed by atoms with Gasteiger partial charge in [-0.3, -0.25) is 9.59 Å². The predicted molar refractivity (Wildman–Crippen MR) is 48.8 cm³/mol. The molecule has 4 nitrogen and oxygen atoms in total. The number of hydrogen-bond acceptors (Lipinski definition) is 2. The Kier molecular flexibility index (Phi) is 3.28. The summed E-state index contributed by atoms with van der Waals surface area (Å²) in [6.45, 7) is 7.70. The molecule has 2 amide bonds. The highest BCUT2D eigenvalue weighted by Crippen LogP contribution is 2.03. The van der Waals surface area contributed by atoms with Gasteiger partial charge in [-0.05, 0) is 6.92 Å². The van der Waals surface area contributed by atoms with Gasteiger partial charge in [0.05, 0.1) is 0 Å². The van der Waals surface area contributed by atoms with Crippen molar-refractivity contribution in [2.45, 2.75) is 13.3 Å². The van der Waals surface area contributed by atoms with Crippen LogP contribution in [0, 0.1) is 6.92 Å². The zero-order valence-electron chi connectivity index (χ0n) is 7.95. The zero-order valence-corrected chi connectivity index (χ0v) is 7.95. The molecule has 0 aromatic carbocycles. The summed E-state index contributed by atoms with van der Waals surface area (Å²) in [4.78, 5) is 25.7. The van der Waals surface area contributed by atoms with Crippen molar-refractivity contribution in [1.29, 1.82) is 0 Å². The second kappa shape index (κ2) is 4.25. The summed E-state index contributed by atoms with van der Waals surface area (Å²) in [5.74, 6) is 0.157. The van der Waals surface area contributed by atoms with E-state index in [0.717, 1.165) is 0 Å². The van der Waals surface area contributed by atoms with E-state index in [1.807, 2.05) is 0 Å². The molecule has 0 unspecified atom stereocenters. The van der Waals surface area contributed by atoms with Crippen LogP contribution in [0.15, 0.2) is 0 Å². The fourth-order valence-electron chi connectivity index (χ4n) is 1.43. The number of nitrogens with zero attached hydrogens (tertiary/aromatic N) is 2. The minimum absolute atomic E-state index is 0.0724. The maximum absolute atomic E-state index is 11.2. The molecule has 73 valence electrons. The van der Waals surface area contributed by atoms with Crippen LogP contribution in [0.25, 0.3) is 0 Å². The average Bonchev–Trinajstić information content (AvgIpc) is 2.17. The van der Waals surface area contributed by atoms with E-state index < -0.39 is 0 Å². The van der Waals surface area contributed by atoms with Crippen molar-refractivity contribution in [2.24, 2.45) is 0 Å². The number of amides is 2. The van der Waals surface area contributed by atoms with E-state index in [4.69, 9.17) is 0 Å². The molecule has 1 rings (SSSR count). The molecule has 0 N–H and O–H groups in total. The van der Waals surface area contributed by atoms with Gasteiger partial charge in [0.15, 0.2) is 0 Å². The highest BCUT2D eigenvalue weighted by molar-refractivity contribution is 5.77. The molecule has 1 heterocycles. The smallest absolute Gasteiger partial charge is 0.222 e. The molecule has 1 radical (unpaired) electrons. The summed E-state index contributed by atoms with van der Waals surface area (Å²) >= 11 is 0. The number of carbonyl (C=O) groups excluding carboxylic acids is 2. The molecule has 0 spiro atoms. The molecule has 0 saturated carbocycles. The Morgan fingerprint density at radius 3 is 2.00 bits per heavy atom. The van der Waals surface area contributed by atoms with Crippen LogP contribution < -0.4 is 0 Å². The first kappa shape index (κ1) is 10.0. The molecule has 1 saturated heterocycles. The van der Waals surface area contributed by atoms with Crippen molar-refractivity contribution >= 4 is 11.8 Å². The fraction of sp³-hybridized carbons (Fsp3) is 0.667. The molecule has 0 aliphatic carbocycles. The topological polar surface area (TPSA) is 40.6 Å². The summed E-state index contributed by atoms with van der Waals surface area (Å²) < 4.78 is 0. The van der Waals surface area contributed by atoms with Gasteiger partial charge in [-0.15, -0.1) is 0 Å². The Morgan fingerprint density at radius 1 is 1.15 bits per heavy atom. The number of hydrogen-bond donors (Lipinski definition) is 0. The van der Waals surface area contributed by atoms with Crippen molar-refractivity contribution in [3.8, 4) is 0 Å². The highest BCUT2D eigenvalue weighted by atomic mass is 16.2. The summed E-state index contributed by atoms with van der Waals surface area (Å²) in [6, 6.07) is 0. The number of carbonyl (C=O) groups is 2. The molecular formula is C9H15N2O2. The fourth-order valence-corrected chi connectivity index (χ4v) is 1.43. The van der Waals surface area contributed by atoms with E-state index >= 15 is 0 Å². The van der Waals surface area contributed by atoms with Gasteiger partial charge in [0.25, 0.3) is 0 Å². The number of piperazine rings is 1. The third kappa shape index (κ3) is 2.44. The minimum Gasteiger partial charge on any atom is -0.339 e.